The van der Waals surface area contributed by atoms with Crippen molar-refractivity contribution in [3.8, 4) is 5.75 Å². The van der Waals surface area contributed by atoms with Gasteiger partial charge < -0.3 is 10.5 Å². The van der Waals surface area contributed by atoms with E-state index in [-0.39, 0.29) is 16.5 Å². The summed E-state index contributed by atoms with van der Waals surface area (Å²) >= 11 is 5.71. The lowest BCUT2D eigenvalue weighted by atomic mass is 10.3. The third kappa shape index (κ3) is 4.28. The van der Waals surface area contributed by atoms with Gasteiger partial charge in [-0.2, -0.15) is 0 Å². The summed E-state index contributed by atoms with van der Waals surface area (Å²) in [4.78, 5) is 9.96. The molecule has 1 aromatic carbocycles. The second-order valence-electron chi connectivity index (χ2n) is 3.35. The molecule has 0 bridgehead atoms. The quantitative estimate of drug-likeness (QED) is 0.268. The third-order valence-electron chi connectivity index (χ3n) is 1.98. The van der Waals surface area contributed by atoms with Crippen molar-refractivity contribution in [1.82, 2.24) is 0 Å². The summed E-state index contributed by atoms with van der Waals surface area (Å²) in [7, 11) is 0. The van der Waals surface area contributed by atoms with Gasteiger partial charge in [-0.3, -0.25) is 15.5 Å². The van der Waals surface area contributed by atoms with Gasteiger partial charge in [0.05, 0.1) is 17.4 Å². The van der Waals surface area contributed by atoms with Crippen LogP contribution < -0.4 is 10.5 Å². The highest BCUT2D eigenvalue weighted by Gasteiger charge is 2.12. The lowest BCUT2D eigenvalue weighted by Crippen LogP contribution is -2.10. The van der Waals surface area contributed by atoms with Crippen LogP contribution in [-0.4, -0.2) is 17.4 Å². The SMILES string of the molecule is N=C(N)CCCOc1ccc([N+](=O)[O-])c(Cl)c1. The van der Waals surface area contributed by atoms with Crippen molar-refractivity contribution in [3.05, 3.63) is 33.3 Å². The normalized spacial score (nSPS) is 9.94. The minimum atomic E-state index is -0.554. The van der Waals surface area contributed by atoms with E-state index in [0.717, 1.165) is 0 Å². The number of ether oxygens (including phenoxy) is 1. The Hall–Kier alpha value is -1.82. The van der Waals surface area contributed by atoms with Crippen molar-refractivity contribution in [1.29, 1.82) is 5.41 Å². The first-order chi connectivity index (χ1) is 8.00. The van der Waals surface area contributed by atoms with E-state index in [1.165, 1.54) is 18.2 Å². The average Bonchev–Trinajstić information content (AvgIpc) is 2.23. The van der Waals surface area contributed by atoms with Crippen molar-refractivity contribution >= 4 is 23.1 Å². The van der Waals surface area contributed by atoms with Gasteiger partial charge in [-0.15, -0.1) is 0 Å². The Kier molecular flexibility index (Phi) is 4.71. The summed E-state index contributed by atoms with van der Waals surface area (Å²) in [5.41, 5.74) is 5.03. The molecule has 1 rings (SSSR count). The maximum atomic E-state index is 10.5. The Morgan fingerprint density at radius 2 is 2.29 bits per heavy atom. The highest BCUT2D eigenvalue weighted by atomic mass is 35.5. The van der Waals surface area contributed by atoms with Gasteiger partial charge in [-0.05, 0) is 12.5 Å². The van der Waals surface area contributed by atoms with Crippen LogP contribution in [0, 0.1) is 15.5 Å². The topological polar surface area (TPSA) is 102 Å². The van der Waals surface area contributed by atoms with E-state index in [9.17, 15) is 10.1 Å². The van der Waals surface area contributed by atoms with E-state index >= 15 is 0 Å². The van der Waals surface area contributed by atoms with Crippen LogP contribution in [-0.2, 0) is 0 Å². The van der Waals surface area contributed by atoms with E-state index in [4.69, 9.17) is 27.5 Å². The minimum Gasteiger partial charge on any atom is -0.494 e. The second-order valence-corrected chi connectivity index (χ2v) is 3.75. The molecule has 0 aliphatic carbocycles. The van der Waals surface area contributed by atoms with Gasteiger partial charge in [-0.1, -0.05) is 11.6 Å². The van der Waals surface area contributed by atoms with E-state index in [0.29, 0.717) is 25.2 Å². The highest BCUT2D eigenvalue weighted by molar-refractivity contribution is 6.32. The first-order valence-corrected chi connectivity index (χ1v) is 5.28. The van der Waals surface area contributed by atoms with Crippen molar-refractivity contribution < 1.29 is 9.66 Å². The zero-order chi connectivity index (χ0) is 12.8. The number of nitro benzene ring substituents is 1. The molecule has 0 aliphatic heterocycles. The molecule has 3 N–H and O–H groups in total. The summed E-state index contributed by atoms with van der Waals surface area (Å²) in [6.07, 6.45) is 1.07. The number of rotatable bonds is 6. The van der Waals surface area contributed by atoms with E-state index in [1.807, 2.05) is 0 Å². The number of benzene rings is 1. The maximum Gasteiger partial charge on any atom is 0.288 e. The van der Waals surface area contributed by atoms with Crippen LogP contribution in [0.15, 0.2) is 18.2 Å². The van der Waals surface area contributed by atoms with Gasteiger partial charge in [0.15, 0.2) is 0 Å². The Bertz CT molecular complexity index is 437. The number of halogens is 1. The fourth-order valence-electron chi connectivity index (χ4n) is 1.18. The van der Waals surface area contributed by atoms with Gasteiger partial charge in [0.25, 0.3) is 5.69 Å². The molecule has 1 aromatic rings. The van der Waals surface area contributed by atoms with Crippen LogP contribution in [0.25, 0.3) is 0 Å². The number of nitrogens with two attached hydrogens (primary N) is 1. The second kappa shape index (κ2) is 6.05. The fourth-order valence-corrected chi connectivity index (χ4v) is 1.42. The lowest BCUT2D eigenvalue weighted by Gasteiger charge is -2.06. The predicted octanol–water partition coefficient (Wildman–Crippen LogP) is 2.34. The molecule has 0 unspecified atom stereocenters. The number of nitro groups is 1. The molecule has 6 nitrogen and oxygen atoms in total. The van der Waals surface area contributed by atoms with Crippen LogP contribution in [0.1, 0.15) is 12.8 Å². The molecule has 0 fully saturated rings. The molecule has 0 atom stereocenters. The standard InChI is InChI=1S/C10H12ClN3O3/c11-8-6-7(3-4-9(8)14(15)16)17-5-1-2-10(12)13/h3-4,6H,1-2,5H2,(H3,12,13). The molecule has 0 aromatic heterocycles. The molecule has 0 saturated carbocycles. The molecule has 92 valence electrons. The summed E-state index contributed by atoms with van der Waals surface area (Å²) < 4.78 is 5.31. The van der Waals surface area contributed by atoms with Gasteiger partial charge in [-0.25, -0.2) is 0 Å². The fraction of sp³-hybridized carbons (Fsp3) is 0.300. The van der Waals surface area contributed by atoms with E-state index < -0.39 is 4.92 Å². The zero-order valence-corrected chi connectivity index (χ0v) is 9.74. The molecule has 0 saturated heterocycles. The minimum absolute atomic E-state index is 0.0408. The summed E-state index contributed by atoms with van der Waals surface area (Å²) in [6.45, 7) is 0.383. The molecular formula is C10H12ClN3O3. The van der Waals surface area contributed by atoms with Crippen LogP contribution >= 0.6 is 11.6 Å². The van der Waals surface area contributed by atoms with Gasteiger partial charge in [0, 0.05) is 18.6 Å². The first kappa shape index (κ1) is 13.2. The number of hydrogen-bond donors (Lipinski definition) is 2. The monoisotopic (exact) mass is 257 g/mol. The van der Waals surface area contributed by atoms with Crippen molar-refractivity contribution in [3.63, 3.8) is 0 Å². The first-order valence-electron chi connectivity index (χ1n) is 4.90. The Balaban J connectivity index is 2.53. The van der Waals surface area contributed by atoms with Crippen LogP contribution in [0.2, 0.25) is 5.02 Å². The molecule has 0 spiro atoms. The number of hydrogen-bond acceptors (Lipinski definition) is 4. The maximum absolute atomic E-state index is 10.5. The summed E-state index contributed by atoms with van der Waals surface area (Å²) in [5.74, 6) is 0.569. The van der Waals surface area contributed by atoms with Crippen LogP contribution in [0.4, 0.5) is 5.69 Å². The molecule has 17 heavy (non-hydrogen) atoms. The molecule has 0 aliphatic rings. The number of nitrogens with one attached hydrogen (secondary N) is 1. The third-order valence-corrected chi connectivity index (χ3v) is 2.28. The van der Waals surface area contributed by atoms with Gasteiger partial charge in [0.1, 0.15) is 10.8 Å². The average molecular weight is 258 g/mol. The van der Waals surface area contributed by atoms with E-state index in [1.54, 1.807) is 0 Å². The molecule has 0 radical (unpaired) electrons. The lowest BCUT2D eigenvalue weighted by molar-refractivity contribution is -0.384. The van der Waals surface area contributed by atoms with Gasteiger partial charge >= 0.3 is 0 Å². The van der Waals surface area contributed by atoms with E-state index in [2.05, 4.69) is 0 Å². The van der Waals surface area contributed by atoms with Crippen LogP contribution in [0.3, 0.4) is 0 Å². The summed E-state index contributed by atoms with van der Waals surface area (Å²) in [5, 5.41) is 17.6. The number of amidine groups is 1. The molecule has 0 heterocycles. The molecule has 7 heteroatoms. The van der Waals surface area contributed by atoms with Gasteiger partial charge in [0.2, 0.25) is 0 Å². The Labute approximate surface area is 103 Å². The Morgan fingerprint density at radius 3 is 2.82 bits per heavy atom. The number of nitrogens with zero attached hydrogens (tertiary/aromatic N) is 1. The molecule has 0 amide bonds. The van der Waals surface area contributed by atoms with Crippen LogP contribution in [0.5, 0.6) is 5.75 Å². The molecular weight excluding hydrogens is 246 g/mol. The predicted molar refractivity (Wildman–Crippen MR) is 64.7 cm³/mol. The van der Waals surface area contributed by atoms with Crippen molar-refractivity contribution in [2.24, 2.45) is 5.73 Å². The van der Waals surface area contributed by atoms with Crippen molar-refractivity contribution in [2.75, 3.05) is 6.61 Å². The zero-order valence-electron chi connectivity index (χ0n) is 8.98. The van der Waals surface area contributed by atoms with Crippen molar-refractivity contribution in [2.45, 2.75) is 12.8 Å². The largest absolute Gasteiger partial charge is 0.494 e. The highest BCUT2D eigenvalue weighted by Crippen LogP contribution is 2.28. The summed E-state index contributed by atoms with van der Waals surface area (Å²) in [6, 6.07) is 4.17. The Morgan fingerprint density at radius 1 is 1.59 bits per heavy atom. The smallest absolute Gasteiger partial charge is 0.288 e.